The Morgan fingerprint density at radius 3 is 1.19 bits per heavy atom. The molecule has 18 heteroatoms. The highest BCUT2D eigenvalue weighted by atomic mass is 16.5. The minimum Gasteiger partial charge on any atom is -0.483 e. The summed E-state index contributed by atoms with van der Waals surface area (Å²) in [4.78, 5) is 140. The van der Waals surface area contributed by atoms with Gasteiger partial charge in [-0.05, 0) is 80.0 Å². The molecule has 6 aliphatic rings. The Kier molecular flexibility index (Phi) is 17.2. The lowest BCUT2D eigenvalue weighted by atomic mass is 9.93. The highest BCUT2D eigenvalue weighted by Crippen LogP contribution is 2.45. The average Bonchev–Trinajstić information content (AvgIpc) is 2.69. The van der Waals surface area contributed by atoms with E-state index in [0.29, 0.717) is 0 Å². The number of amides is 7. The summed E-state index contributed by atoms with van der Waals surface area (Å²) in [6.07, 6.45) is 2.53. The van der Waals surface area contributed by atoms with Crippen molar-refractivity contribution in [1.29, 1.82) is 0 Å². The molecule has 11 rings (SSSR count). The SMILES string of the molecule is CC(=O)C[C@H](CC(=O)CNC(=O)COc1cc(C(=O)N2C[C@@H](C(=O)N[C@H]3C[C@@H]3c3ccccc3)[C@H](C(=O)N[C@H]3C[C@@H]3c3ccccc3)C2)ccc1C(=O)N1C[C@@H](C(=O)N[C@H]2C[C@@H]2c2ccccc2)[C@H](C(=O)N[C@H]2C[C@@H]2c2ccccc2)C1)C(C)=O. The number of hydrogen-bond donors (Lipinski definition) is 5. The van der Waals surface area contributed by atoms with Crippen molar-refractivity contribution in [2.24, 2.45) is 29.6 Å². The molecule has 0 radical (unpaired) electrons. The van der Waals surface area contributed by atoms with E-state index in [1.165, 1.54) is 41.8 Å². The number of carbonyl (C=O) groups is 10. The van der Waals surface area contributed by atoms with Crippen molar-refractivity contribution < 1.29 is 52.7 Å². The number of rotatable bonds is 24. The van der Waals surface area contributed by atoms with Gasteiger partial charge in [0, 0.05) is 98.3 Å². The van der Waals surface area contributed by atoms with Crippen molar-refractivity contribution in [3.05, 3.63) is 173 Å². The van der Waals surface area contributed by atoms with E-state index in [4.69, 9.17) is 4.74 Å². The fourth-order valence-electron chi connectivity index (χ4n) is 12.6. The van der Waals surface area contributed by atoms with Crippen LogP contribution in [0.15, 0.2) is 140 Å². The monoisotopic (exact) mass is 1150 g/mol. The molecule has 4 saturated carbocycles. The predicted octanol–water partition coefficient (Wildman–Crippen LogP) is 5.39. The molecule has 4 aliphatic carbocycles. The van der Waals surface area contributed by atoms with Crippen molar-refractivity contribution in [3.8, 4) is 5.75 Å². The highest BCUT2D eigenvalue weighted by Gasteiger charge is 2.51. The van der Waals surface area contributed by atoms with Gasteiger partial charge in [-0.1, -0.05) is 121 Å². The third-order valence-corrected chi connectivity index (χ3v) is 17.8. The average molecular weight is 1150 g/mol. The Labute approximate surface area is 493 Å². The van der Waals surface area contributed by atoms with E-state index in [9.17, 15) is 43.2 Å². The predicted molar refractivity (Wildman–Crippen MR) is 313 cm³/mol. The summed E-state index contributed by atoms with van der Waals surface area (Å²) in [5, 5.41) is 15.1. The van der Waals surface area contributed by atoms with Crippen LogP contribution in [0.2, 0.25) is 0 Å². The summed E-state index contributed by atoms with van der Waals surface area (Å²) in [7, 11) is 0. The lowest BCUT2D eigenvalue weighted by Crippen LogP contribution is -2.43. The van der Waals surface area contributed by atoms with Crippen LogP contribution in [0, 0.1) is 29.6 Å². The lowest BCUT2D eigenvalue weighted by molar-refractivity contribution is -0.133. The first-order chi connectivity index (χ1) is 41.1. The van der Waals surface area contributed by atoms with Crippen LogP contribution in [0.25, 0.3) is 0 Å². The normalized spacial score (nSPS) is 26.2. The zero-order chi connectivity index (χ0) is 59.5. The molecular formula is C67H71N7O11. The molecule has 0 bridgehead atoms. The number of carbonyl (C=O) groups excluding carboxylic acids is 10. The first kappa shape index (κ1) is 58.0. The lowest BCUT2D eigenvalue weighted by Gasteiger charge is -2.21. The first-order valence-corrected chi connectivity index (χ1v) is 29.6. The Balaban J connectivity index is 0.831. The standard InChI is InChI=1S/C67H71N7O11/c1-38(75)25-45(39(2)76)26-46(77)32-68-61(78)37-85-60-27-44(66(83)73-33-52(62(79)69-56-28-48(56)40-15-7-3-8-16-40)53(34-73)63(80)70-57-29-49(57)41-17-9-4-10-18-41)23-24-47(60)67(84)74-35-54(64(81)71-58-30-50(58)42-19-11-5-12-20-42)55(36-74)65(82)72-59-31-51(59)43-21-13-6-14-22-43/h3-24,27,45,48-59H,25-26,28-37H2,1-2H3,(H,68,78)(H,69,79)(H,70,80)(H,71,81)(H,72,82)/t45-,48-,49-,50-,51-,52-,53-,54-,55-,56+,57+,58+,59+/m1/s1. The first-order valence-electron chi connectivity index (χ1n) is 29.6. The van der Waals surface area contributed by atoms with Crippen molar-refractivity contribution in [2.45, 2.75) is 100 Å². The minimum absolute atomic E-state index is 0.0199. The molecule has 5 aromatic carbocycles. The van der Waals surface area contributed by atoms with E-state index >= 15 is 4.79 Å². The third kappa shape index (κ3) is 13.9. The molecule has 5 N–H and O–H groups in total. The van der Waals surface area contributed by atoms with E-state index < -0.39 is 66.2 Å². The van der Waals surface area contributed by atoms with Gasteiger partial charge in [0.25, 0.3) is 17.7 Å². The van der Waals surface area contributed by atoms with Gasteiger partial charge in [-0.3, -0.25) is 43.2 Å². The van der Waals surface area contributed by atoms with Crippen LogP contribution in [0.4, 0.5) is 0 Å². The molecule has 0 aromatic heterocycles. The molecule has 2 aliphatic heterocycles. The van der Waals surface area contributed by atoms with Crippen LogP contribution < -0.4 is 31.3 Å². The number of ketones is 3. The van der Waals surface area contributed by atoms with E-state index in [0.717, 1.165) is 47.9 Å². The molecule has 6 fully saturated rings. The van der Waals surface area contributed by atoms with Gasteiger partial charge in [-0.15, -0.1) is 0 Å². The summed E-state index contributed by atoms with van der Waals surface area (Å²) < 4.78 is 6.10. The van der Waals surface area contributed by atoms with Crippen molar-refractivity contribution in [2.75, 3.05) is 39.3 Å². The molecule has 7 amide bonds. The molecule has 85 heavy (non-hydrogen) atoms. The van der Waals surface area contributed by atoms with Gasteiger partial charge in [0.1, 0.15) is 17.3 Å². The number of Topliss-reactive ketones (excluding diaryl/α,β-unsaturated/α-hetero) is 3. The summed E-state index contributed by atoms with van der Waals surface area (Å²) in [5.74, 6) is -8.73. The van der Waals surface area contributed by atoms with Gasteiger partial charge >= 0.3 is 0 Å². The van der Waals surface area contributed by atoms with Gasteiger partial charge in [-0.25, -0.2) is 0 Å². The zero-order valence-electron chi connectivity index (χ0n) is 47.7. The maximum atomic E-state index is 15.0. The Bertz CT molecular complexity index is 3230. The number of nitrogens with zero attached hydrogens (tertiary/aromatic N) is 2. The maximum absolute atomic E-state index is 15.0. The molecular weight excluding hydrogens is 1080 g/mol. The Morgan fingerprint density at radius 2 is 0.835 bits per heavy atom. The van der Waals surface area contributed by atoms with Crippen LogP contribution in [0.5, 0.6) is 5.75 Å². The van der Waals surface area contributed by atoms with Crippen LogP contribution in [0.3, 0.4) is 0 Å². The van der Waals surface area contributed by atoms with Gasteiger partial charge < -0.3 is 45.9 Å². The number of hydrogen-bond acceptors (Lipinski definition) is 11. The van der Waals surface area contributed by atoms with Crippen LogP contribution in [-0.4, -0.2) is 132 Å². The van der Waals surface area contributed by atoms with E-state index in [1.54, 1.807) is 0 Å². The fraction of sp³-hybridized carbons (Fsp3) is 0.403. The summed E-state index contributed by atoms with van der Waals surface area (Å²) in [6, 6.07) is 42.9. The number of ether oxygens (including phenoxy) is 1. The quantitative estimate of drug-likeness (QED) is 0.0524. The second-order valence-corrected chi connectivity index (χ2v) is 24.1. The number of nitrogens with one attached hydrogen (secondary N) is 5. The number of benzene rings is 5. The van der Waals surface area contributed by atoms with Gasteiger partial charge in [0.05, 0.1) is 35.8 Å². The topological polar surface area (TPSA) is 247 Å². The molecule has 440 valence electrons. The largest absolute Gasteiger partial charge is 0.483 e. The second kappa shape index (κ2) is 25.2. The van der Waals surface area contributed by atoms with Gasteiger partial charge in [-0.2, -0.15) is 0 Å². The molecule has 0 unspecified atom stereocenters. The smallest absolute Gasteiger partial charge is 0.258 e. The fourth-order valence-corrected chi connectivity index (χ4v) is 12.6. The van der Waals surface area contributed by atoms with E-state index in [-0.39, 0.29) is 139 Å². The zero-order valence-corrected chi connectivity index (χ0v) is 47.7. The van der Waals surface area contributed by atoms with E-state index in [1.807, 2.05) is 121 Å². The van der Waals surface area contributed by atoms with Gasteiger partial charge in [0.2, 0.25) is 23.6 Å². The maximum Gasteiger partial charge on any atom is 0.258 e. The van der Waals surface area contributed by atoms with Crippen molar-refractivity contribution >= 4 is 58.7 Å². The molecule has 18 nitrogen and oxygen atoms in total. The molecule has 2 heterocycles. The van der Waals surface area contributed by atoms with Crippen LogP contribution in [0.1, 0.15) is 119 Å². The summed E-state index contributed by atoms with van der Waals surface area (Å²) in [5.41, 5.74) is 4.30. The Hall–Kier alpha value is -8.80. The van der Waals surface area contributed by atoms with Gasteiger partial charge in [0.15, 0.2) is 12.4 Å². The minimum atomic E-state index is -0.930. The second-order valence-electron chi connectivity index (χ2n) is 24.1. The molecule has 13 atom stereocenters. The Morgan fingerprint density at radius 1 is 0.471 bits per heavy atom. The van der Waals surface area contributed by atoms with Crippen LogP contribution in [-0.2, 0) is 38.4 Å². The summed E-state index contributed by atoms with van der Waals surface area (Å²) >= 11 is 0. The van der Waals surface area contributed by atoms with Crippen LogP contribution >= 0.6 is 0 Å². The highest BCUT2D eigenvalue weighted by molar-refractivity contribution is 6.02. The van der Waals surface area contributed by atoms with Crippen molar-refractivity contribution in [3.63, 3.8) is 0 Å². The van der Waals surface area contributed by atoms with Crippen molar-refractivity contribution in [1.82, 2.24) is 36.4 Å². The molecule has 2 saturated heterocycles. The number of likely N-dealkylation sites (tertiary alicyclic amines) is 2. The summed E-state index contributed by atoms with van der Waals surface area (Å²) in [6.45, 7) is 0.954. The third-order valence-electron chi connectivity index (χ3n) is 17.8. The van der Waals surface area contributed by atoms with E-state index in [2.05, 4.69) is 26.6 Å². The molecule has 0 spiro atoms. The molecule has 5 aromatic rings.